The number of hydrogen-bond acceptors (Lipinski definition) is 5. The predicted octanol–water partition coefficient (Wildman–Crippen LogP) is 3.62. The second kappa shape index (κ2) is 10.7. The van der Waals surface area contributed by atoms with Crippen molar-refractivity contribution in [1.29, 1.82) is 0 Å². The average Bonchev–Trinajstić information content (AvgIpc) is 2.64. The molecule has 0 aliphatic heterocycles. The van der Waals surface area contributed by atoms with Crippen LogP contribution in [0.25, 0.3) is 0 Å². The van der Waals surface area contributed by atoms with E-state index in [0.29, 0.717) is 30.5 Å². The lowest BCUT2D eigenvalue weighted by atomic mass is 10.1. The van der Waals surface area contributed by atoms with Gasteiger partial charge in [-0.3, -0.25) is 0 Å². The number of aliphatic hydroxyl groups is 1. The molecule has 0 saturated carbocycles. The van der Waals surface area contributed by atoms with Crippen LogP contribution in [0.15, 0.2) is 36.5 Å². The molecule has 0 aliphatic carbocycles. The molecule has 1 aromatic carbocycles. The maximum Gasteiger partial charge on any atom is 0.179 e. The molecule has 1 heterocycles. The Bertz CT molecular complexity index is 620. The zero-order chi connectivity index (χ0) is 17.9. The fourth-order valence-electron chi connectivity index (χ4n) is 2.70. The van der Waals surface area contributed by atoms with Gasteiger partial charge in [0.2, 0.25) is 0 Å². The molecule has 0 amide bonds. The van der Waals surface area contributed by atoms with E-state index >= 15 is 0 Å². The Morgan fingerprint density at radius 1 is 1.24 bits per heavy atom. The standard InChI is InChI=1S/C20H29N3O2/c1-3-8-18(15-24)13-22-20-19(14-21-16(2)23-20)25-12-7-11-17-9-5-4-6-10-17/h4-6,9-10,14,18,24H,3,7-8,11-13,15H2,1-2H3,(H,21,22,23)/t18-/m1/s1. The molecule has 25 heavy (non-hydrogen) atoms. The van der Waals surface area contributed by atoms with Gasteiger partial charge in [-0.25, -0.2) is 9.97 Å². The van der Waals surface area contributed by atoms with Crippen molar-refractivity contribution in [1.82, 2.24) is 9.97 Å². The Kier molecular flexibility index (Phi) is 8.19. The zero-order valence-electron chi connectivity index (χ0n) is 15.2. The van der Waals surface area contributed by atoms with Crippen molar-refractivity contribution < 1.29 is 9.84 Å². The molecule has 0 bridgehead atoms. The summed E-state index contributed by atoms with van der Waals surface area (Å²) in [5, 5.41) is 12.7. The van der Waals surface area contributed by atoms with Crippen molar-refractivity contribution in [2.75, 3.05) is 25.1 Å². The van der Waals surface area contributed by atoms with Crippen LogP contribution < -0.4 is 10.1 Å². The number of hydrogen-bond donors (Lipinski definition) is 2. The van der Waals surface area contributed by atoms with E-state index < -0.39 is 0 Å². The van der Waals surface area contributed by atoms with Crippen LogP contribution in [0.3, 0.4) is 0 Å². The first-order valence-corrected chi connectivity index (χ1v) is 9.08. The summed E-state index contributed by atoms with van der Waals surface area (Å²) in [6, 6.07) is 10.4. The first-order chi connectivity index (χ1) is 12.2. The van der Waals surface area contributed by atoms with Gasteiger partial charge < -0.3 is 15.2 Å². The van der Waals surface area contributed by atoms with Crippen LogP contribution in [0.4, 0.5) is 5.82 Å². The first kappa shape index (κ1) is 19.2. The van der Waals surface area contributed by atoms with Crippen molar-refractivity contribution in [3.63, 3.8) is 0 Å². The maximum absolute atomic E-state index is 9.44. The molecule has 1 aromatic heterocycles. The van der Waals surface area contributed by atoms with Gasteiger partial charge in [0.05, 0.1) is 12.8 Å². The minimum Gasteiger partial charge on any atom is -0.488 e. The van der Waals surface area contributed by atoms with E-state index in [1.165, 1.54) is 5.56 Å². The van der Waals surface area contributed by atoms with Crippen LogP contribution in [0.5, 0.6) is 5.75 Å². The Hall–Kier alpha value is -2.14. The summed E-state index contributed by atoms with van der Waals surface area (Å²) in [5.74, 6) is 2.31. The van der Waals surface area contributed by atoms with Crippen LogP contribution >= 0.6 is 0 Å². The van der Waals surface area contributed by atoms with Gasteiger partial charge in [0.15, 0.2) is 11.6 Å². The third-order valence-electron chi connectivity index (χ3n) is 4.10. The Morgan fingerprint density at radius 3 is 2.76 bits per heavy atom. The maximum atomic E-state index is 9.44. The fourth-order valence-corrected chi connectivity index (χ4v) is 2.70. The molecule has 136 valence electrons. The summed E-state index contributed by atoms with van der Waals surface area (Å²) in [6.07, 6.45) is 5.69. The lowest BCUT2D eigenvalue weighted by Crippen LogP contribution is -2.19. The van der Waals surface area contributed by atoms with Gasteiger partial charge in [0.25, 0.3) is 0 Å². The van der Waals surface area contributed by atoms with E-state index in [0.717, 1.165) is 25.7 Å². The molecular weight excluding hydrogens is 314 g/mol. The smallest absolute Gasteiger partial charge is 0.179 e. The second-order valence-corrected chi connectivity index (χ2v) is 6.29. The quantitative estimate of drug-likeness (QED) is 0.610. The Morgan fingerprint density at radius 2 is 2.04 bits per heavy atom. The molecule has 2 aromatic rings. The molecule has 0 saturated heterocycles. The highest BCUT2D eigenvalue weighted by Crippen LogP contribution is 2.22. The molecule has 5 nitrogen and oxygen atoms in total. The first-order valence-electron chi connectivity index (χ1n) is 9.08. The van der Waals surface area contributed by atoms with Gasteiger partial charge in [-0.1, -0.05) is 43.7 Å². The largest absolute Gasteiger partial charge is 0.488 e. The molecule has 1 atom stereocenters. The second-order valence-electron chi connectivity index (χ2n) is 6.29. The number of nitrogens with zero attached hydrogens (tertiary/aromatic N) is 2. The van der Waals surface area contributed by atoms with Crippen LogP contribution in [-0.4, -0.2) is 34.8 Å². The molecule has 0 radical (unpaired) electrons. The molecule has 0 unspecified atom stereocenters. The Labute approximate surface area is 150 Å². The van der Waals surface area contributed by atoms with Gasteiger partial charge in [-0.05, 0) is 37.7 Å². The summed E-state index contributed by atoms with van der Waals surface area (Å²) in [6.45, 7) is 5.46. The summed E-state index contributed by atoms with van der Waals surface area (Å²) in [7, 11) is 0. The van der Waals surface area contributed by atoms with Gasteiger partial charge in [-0.2, -0.15) is 0 Å². The monoisotopic (exact) mass is 343 g/mol. The SMILES string of the molecule is CCC[C@@H](CO)CNc1nc(C)ncc1OCCCc1ccccc1. The van der Waals surface area contributed by atoms with Crippen molar-refractivity contribution in [2.45, 2.75) is 39.5 Å². The predicted molar refractivity (Wildman–Crippen MR) is 101 cm³/mol. The third-order valence-corrected chi connectivity index (χ3v) is 4.10. The third kappa shape index (κ3) is 6.70. The van der Waals surface area contributed by atoms with Crippen molar-refractivity contribution >= 4 is 5.82 Å². The average molecular weight is 343 g/mol. The van der Waals surface area contributed by atoms with Gasteiger partial charge in [-0.15, -0.1) is 0 Å². The van der Waals surface area contributed by atoms with E-state index in [-0.39, 0.29) is 12.5 Å². The molecule has 2 rings (SSSR count). The zero-order valence-corrected chi connectivity index (χ0v) is 15.2. The lowest BCUT2D eigenvalue weighted by Gasteiger charge is -2.17. The van der Waals surface area contributed by atoms with E-state index in [1.54, 1.807) is 6.20 Å². The van der Waals surface area contributed by atoms with Crippen LogP contribution in [0, 0.1) is 12.8 Å². The number of anilines is 1. The van der Waals surface area contributed by atoms with Crippen molar-refractivity contribution in [2.24, 2.45) is 5.92 Å². The molecule has 5 heteroatoms. The van der Waals surface area contributed by atoms with Gasteiger partial charge in [0, 0.05) is 13.2 Å². The van der Waals surface area contributed by atoms with E-state index in [9.17, 15) is 5.11 Å². The van der Waals surface area contributed by atoms with Crippen LogP contribution in [-0.2, 0) is 6.42 Å². The summed E-state index contributed by atoms with van der Waals surface area (Å²) < 4.78 is 5.89. The summed E-state index contributed by atoms with van der Waals surface area (Å²) in [5.41, 5.74) is 1.31. The molecular formula is C20H29N3O2. The van der Waals surface area contributed by atoms with Crippen LogP contribution in [0.2, 0.25) is 0 Å². The number of ether oxygens (including phenoxy) is 1. The van der Waals surface area contributed by atoms with Crippen molar-refractivity contribution in [3.8, 4) is 5.75 Å². The summed E-state index contributed by atoms with van der Waals surface area (Å²) >= 11 is 0. The Balaban J connectivity index is 1.86. The molecule has 2 N–H and O–H groups in total. The van der Waals surface area contributed by atoms with Gasteiger partial charge in [0.1, 0.15) is 5.82 Å². The topological polar surface area (TPSA) is 67.3 Å². The van der Waals surface area contributed by atoms with Crippen LogP contribution in [0.1, 0.15) is 37.6 Å². The highest BCUT2D eigenvalue weighted by atomic mass is 16.5. The van der Waals surface area contributed by atoms with E-state index in [2.05, 4.69) is 46.5 Å². The summed E-state index contributed by atoms with van der Waals surface area (Å²) in [4.78, 5) is 8.68. The number of rotatable bonds is 11. The molecule has 0 spiro atoms. The van der Waals surface area contributed by atoms with Gasteiger partial charge >= 0.3 is 0 Å². The fraction of sp³-hybridized carbons (Fsp3) is 0.500. The highest BCUT2D eigenvalue weighted by molar-refractivity contribution is 5.48. The number of aromatic nitrogens is 2. The minimum absolute atomic E-state index is 0.179. The highest BCUT2D eigenvalue weighted by Gasteiger charge is 2.11. The molecule has 0 aliphatic rings. The molecule has 0 fully saturated rings. The van der Waals surface area contributed by atoms with E-state index in [1.807, 2.05) is 13.0 Å². The number of aryl methyl sites for hydroxylation is 2. The minimum atomic E-state index is 0.179. The van der Waals surface area contributed by atoms with E-state index in [4.69, 9.17) is 4.74 Å². The van der Waals surface area contributed by atoms with Crippen molar-refractivity contribution in [3.05, 3.63) is 47.9 Å². The number of nitrogens with one attached hydrogen (secondary N) is 1. The number of benzene rings is 1. The lowest BCUT2D eigenvalue weighted by molar-refractivity contribution is 0.225. The normalized spacial score (nSPS) is 12.0. The number of aliphatic hydroxyl groups excluding tert-OH is 1.